The Balaban J connectivity index is 1.14. The van der Waals surface area contributed by atoms with Gasteiger partial charge in [0.25, 0.3) is 5.91 Å². The number of benzene rings is 2. The number of nitrogens with one attached hydrogen (secondary N) is 1. The molecule has 9 heteroatoms. The molecule has 2 saturated carbocycles. The van der Waals surface area contributed by atoms with Crippen LogP contribution in [0.25, 0.3) is 10.9 Å². The number of halogens is 3. The van der Waals surface area contributed by atoms with Crippen molar-refractivity contribution < 1.29 is 23.1 Å². The van der Waals surface area contributed by atoms with Gasteiger partial charge in [0.05, 0.1) is 17.1 Å². The number of Topliss-reactive ketones (excluding diaryl/α,β-unsaturated/α-hetero) is 1. The maximum Gasteiger partial charge on any atom is 0.256 e. The second kappa shape index (κ2) is 11.5. The van der Waals surface area contributed by atoms with Gasteiger partial charge in [0.15, 0.2) is 0 Å². The van der Waals surface area contributed by atoms with Gasteiger partial charge >= 0.3 is 0 Å². The topological polar surface area (TPSA) is 77.4 Å². The van der Waals surface area contributed by atoms with Crippen LogP contribution in [-0.4, -0.2) is 28.9 Å². The molecule has 0 spiro atoms. The SMILES string of the molecule is Cc1ccc(OCCC(=O)CC2CCC(NC(=O)c3cn(C4CC4)c4cc(Cl)c(F)cc4c3=O)CC2)cc1F. The fourth-order valence-corrected chi connectivity index (χ4v) is 5.46. The molecule has 1 amide bonds. The van der Waals surface area contributed by atoms with E-state index in [4.69, 9.17) is 16.3 Å². The van der Waals surface area contributed by atoms with Crippen molar-refractivity contribution in [2.75, 3.05) is 6.61 Å². The highest BCUT2D eigenvalue weighted by Gasteiger charge is 2.29. The van der Waals surface area contributed by atoms with E-state index in [1.807, 2.05) is 4.57 Å². The smallest absolute Gasteiger partial charge is 0.256 e. The molecule has 2 aliphatic carbocycles. The Morgan fingerprint density at radius 3 is 2.49 bits per heavy atom. The molecule has 1 aromatic heterocycles. The van der Waals surface area contributed by atoms with Crippen LogP contribution in [0.3, 0.4) is 0 Å². The van der Waals surface area contributed by atoms with Gasteiger partial charge in [-0.1, -0.05) is 17.7 Å². The summed E-state index contributed by atoms with van der Waals surface area (Å²) in [7, 11) is 0. The number of ether oxygens (including phenoxy) is 1. The summed E-state index contributed by atoms with van der Waals surface area (Å²) in [5, 5.41) is 3.07. The molecule has 2 fully saturated rings. The average molecular weight is 557 g/mol. The van der Waals surface area contributed by atoms with Crippen LogP contribution in [0.2, 0.25) is 5.02 Å². The Hall–Kier alpha value is -3.26. The molecule has 1 N–H and O–H groups in total. The summed E-state index contributed by atoms with van der Waals surface area (Å²) in [5.74, 6) is -0.759. The molecular formula is C30H31ClF2N2O4. The third kappa shape index (κ3) is 6.32. The van der Waals surface area contributed by atoms with Gasteiger partial charge in [-0.05, 0) is 75.1 Å². The van der Waals surface area contributed by atoms with Crippen molar-refractivity contribution in [1.29, 1.82) is 0 Å². The van der Waals surface area contributed by atoms with Crippen molar-refractivity contribution in [2.24, 2.45) is 5.92 Å². The lowest BCUT2D eigenvalue weighted by molar-refractivity contribution is -0.120. The third-order valence-electron chi connectivity index (χ3n) is 7.75. The summed E-state index contributed by atoms with van der Waals surface area (Å²) >= 11 is 5.96. The van der Waals surface area contributed by atoms with Crippen molar-refractivity contribution in [3.8, 4) is 5.75 Å². The van der Waals surface area contributed by atoms with Crippen molar-refractivity contribution in [3.05, 3.63) is 74.5 Å². The largest absolute Gasteiger partial charge is 0.493 e. The van der Waals surface area contributed by atoms with Crippen LogP contribution in [0, 0.1) is 24.5 Å². The van der Waals surface area contributed by atoms with Crippen LogP contribution < -0.4 is 15.5 Å². The Bertz CT molecular complexity index is 1480. The predicted octanol–water partition coefficient (Wildman–Crippen LogP) is 6.29. The van der Waals surface area contributed by atoms with E-state index in [0.29, 0.717) is 36.1 Å². The minimum absolute atomic E-state index is 0.00174. The number of aryl methyl sites for hydroxylation is 1. The Morgan fingerprint density at radius 1 is 1.05 bits per heavy atom. The van der Waals surface area contributed by atoms with E-state index in [1.54, 1.807) is 25.3 Å². The predicted molar refractivity (Wildman–Crippen MR) is 146 cm³/mol. The second-order valence-electron chi connectivity index (χ2n) is 10.7. The number of pyridine rings is 1. The summed E-state index contributed by atoms with van der Waals surface area (Å²) in [4.78, 5) is 38.7. The quantitative estimate of drug-likeness (QED) is 0.336. The molecule has 2 aliphatic rings. The van der Waals surface area contributed by atoms with Crippen LogP contribution in [0.1, 0.15) is 73.3 Å². The number of amides is 1. The maximum atomic E-state index is 14.2. The number of carbonyl (C=O) groups is 2. The Labute approximate surface area is 230 Å². The van der Waals surface area contributed by atoms with Crippen LogP contribution in [0.4, 0.5) is 8.78 Å². The van der Waals surface area contributed by atoms with Crippen LogP contribution in [0.15, 0.2) is 41.3 Å². The summed E-state index contributed by atoms with van der Waals surface area (Å²) in [5.41, 5.74) is 0.567. The molecule has 1 heterocycles. The molecule has 0 saturated heterocycles. The molecule has 3 aromatic rings. The lowest BCUT2D eigenvalue weighted by Crippen LogP contribution is -2.40. The van der Waals surface area contributed by atoms with Gasteiger partial charge in [0.1, 0.15) is 28.7 Å². The minimum atomic E-state index is -0.690. The molecule has 0 aliphatic heterocycles. The van der Waals surface area contributed by atoms with Crippen molar-refractivity contribution in [2.45, 2.75) is 70.4 Å². The van der Waals surface area contributed by atoms with Crippen LogP contribution in [0.5, 0.6) is 5.75 Å². The normalized spacial score (nSPS) is 19.2. The fourth-order valence-electron chi connectivity index (χ4n) is 5.30. The summed E-state index contributed by atoms with van der Waals surface area (Å²) in [6.07, 6.45) is 7.10. The number of carbonyl (C=O) groups excluding carboxylic acids is 2. The van der Waals surface area contributed by atoms with Crippen LogP contribution >= 0.6 is 11.6 Å². The summed E-state index contributed by atoms with van der Waals surface area (Å²) < 4.78 is 35.2. The second-order valence-corrected chi connectivity index (χ2v) is 11.1. The average Bonchev–Trinajstić information content (AvgIpc) is 3.74. The van der Waals surface area contributed by atoms with Crippen molar-refractivity contribution >= 4 is 34.2 Å². The first-order valence-electron chi connectivity index (χ1n) is 13.4. The van der Waals surface area contributed by atoms with Gasteiger partial charge in [0, 0.05) is 42.6 Å². The highest BCUT2D eigenvalue weighted by atomic mass is 35.5. The first-order valence-corrected chi connectivity index (χ1v) is 13.8. The number of hydrogen-bond donors (Lipinski definition) is 1. The standard InChI is InChI=1S/C30H31ClF2N2O4/c1-17-2-9-22(13-26(17)32)39-11-10-21(36)12-18-3-5-19(6-4-18)34-30(38)24-16-35(20-7-8-20)28-15-25(31)27(33)14-23(28)29(24)37/h2,9,13-16,18-20H,3-8,10-12H2,1H3,(H,34,38). The molecule has 0 radical (unpaired) electrons. The van der Waals surface area contributed by atoms with E-state index in [-0.39, 0.29) is 58.6 Å². The van der Waals surface area contributed by atoms with Gasteiger partial charge in [-0.15, -0.1) is 0 Å². The van der Waals surface area contributed by atoms with E-state index in [2.05, 4.69) is 5.32 Å². The molecule has 206 valence electrons. The van der Waals surface area contributed by atoms with E-state index in [0.717, 1.165) is 31.7 Å². The van der Waals surface area contributed by atoms with E-state index in [1.165, 1.54) is 12.1 Å². The first kappa shape index (κ1) is 27.3. The molecule has 6 nitrogen and oxygen atoms in total. The van der Waals surface area contributed by atoms with Gasteiger partial charge in [-0.25, -0.2) is 8.78 Å². The Kier molecular flexibility index (Phi) is 8.03. The number of fused-ring (bicyclic) bond motifs is 1. The monoisotopic (exact) mass is 556 g/mol. The Morgan fingerprint density at radius 2 is 1.79 bits per heavy atom. The van der Waals surface area contributed by atoms with Crippen molar-refractivity contribution in [3.63, 3.8) is 0 Å². The molecular weight excluding hydrogens is 526 g/mol. The maximum absolute atomic E-state index is 14.2. The van der Waals surface area contributed by atoms with E-state index in [9.17, 15) is 23.2 Å². The first-order chi connectivity index (χ1) is 18.7. The number of rotatable bonds is 9. The highest BCUT2D eigenvalue weighted by Crippen LogP contribution is 2.37. The zero-order chi connectivity index (χ0) is 27.7. The summed E-state index contributed by atoms with van der Waals surface area (Å²) in [6.45, 7) is 1.88. The number of ketones is 1. The number of hydrogen-bond acceptors (Lipinski definition) is 4. The van der Waals surface area contributed by atoms with E-state index < -0.39 is 17.2 Å². The molecule has 5 rings (SSSR count). The number of nitrogens with zero attached hydrogens (tertiary/aromatic N) is 1. The summed E-state index contributed by atoms with van der Waals surface area (Å²) in [6, 6.07) is 7.27. The molecule has 0 unspecified atom stereocenters. The minimum Gasteiger partial charge on any atom is -0.493 e. The van der Waals surface area contributed by atoms with Gasteiger partial charge in [-0.3, -0.25) is 14.4 Å². The highest BCUT2D eigenvalue weighted by molar-refractivity contribution is 6.31. The molecule has 39 heavy (non-hydrogen) atoms. The van der Waals surface area contributed by atoms with Gasteiger partial charge in [0.2, 0.25) is 5.43 Å². The molecule has 2 aromatic carbocycles. The fraction of sp³-hybridized carbons (Fsp3) is 0.433. The lowest BCUT2D eigenvalue weighted by Gasteiger charge is -2.29. The molecule has 0 atom stereocenters. The third-order valence-corrected chi connectivity index (χ3v) is 8.04. The van der Waals surface area contributed by atoms with Gasteiger partial charge < -0.3 is 14.6 Å². The molecule has 0 bridgehead atoms. The van der Waals surface area contributed by atoms with Crippen molar-refractivity contribution in [1.82, 2.24) is 9.88 Å². The zero-order valence-corrected chi connectivity index (χ0v) is 22.5. The zero-order valence-electron chi connectivity index (χ0n) is 21.8. The lowest BCUT2D eigenvalue weighted by atomic mass is 9.83. The number of aromatic nitrogens is 1. The van der Waals surface area contributed by atoms with Crippen LogP contribution in [-0.2, 0) is 4.79 Å². The van der Waals surface area contributed by atoms with E-state index >= 15 is 0 Å². The van der Waals surface area contributed by atoms with Gasteiger partial charge in [-0.2, -0.15) is 0 Å².